The molecule has 0 unspecified atom stereocenters. The molecule has 0 atom stereocenters. The molecule has 110 valence electrons. The Morgan fingerprint density at radius 1 is 1.00 bits per heavy atom. The van der Waals surface area contributed by atoms with E-state index in [4.69, 9.17) is 11.6 Å². The lowest BCUT2D eigenvalue weighted by molar-refractivity contribution is -0.914. The molecule has 0 amide bonds. The fraction of sp³-hybridized carbons (Fsp3) is 0.294. The third-order valence-electron chi connectivity index (χ3n) is 4.03. The molecule has 0 aromatic heterocycles. The molecular weight excluding hydrogens is 287 g/mol. The minimum Gasteiger partial charge on any atom is -0.358 e. The zero-order valence-corrected chi connectivity index (χ0v) is 12.6. The van der Waals surface area contributed by atoms with Crippen LogP contribution in [0.4, 0.5) is 10.1 Å². The number of halogens is 2. The Kier molecular flexibility index (Phi) is 4.42. The average Bonchev–Trinajstić information content (AvgIpc) is 2.51. The summed E-state index contributed by atoms with van der Waals surface area (Å²) in [6.07, 6.45) is 0. The fourth-order valence-corrected chi connectivity index (χ4v) is 2.97. The maximum atomic E-state index is 13.8. The van der Waals surface area contributed by atoms with Crippen molar-refractivity contribution in [2.24, 2.45) is 0 Å². The van der Waals surface area contributed by atoms with Gasteiger partial charge in [-0.2, -0.15) is 0 Å². The molecule has 1 heterocycles. The molecule has 0 saturated carbocycles. The summed E-state index contributed by atoms with van der Waals surface area (Å²) in [7, 11) is 0. The van der Waals surface area contributed by atoms with Gasteiger partial charge in [-0.15, -0.1) is 0 Å². The van der Waals surface area contributed by atoms with Crippen molar-refractivity contribution in [3.8, 4) is 0 Å². The maximum Gasteiger partial charge on any atom is 0.146 e. The van der Waals surface area contributed by atoms with Gasteiger partial charge >= 0.3 is 0 Å². The van der Waals surface area contributed by atoms with Crippen molar-refractivity contribution in [3.63, 3.8) is 0 Å². The second-order valence-corrected chi connectivity index (χ2v) is 5.93. The van der Waals surface area contributed by atoms with Crippen molar-refractivity contribution in [2.75, 3.05) is 31.1 Å². The Balaban J connectivity index is 1.58. The smallest absolute Gasteiger partial charge is 0.146 e. The SMILES string of the molecule is Fc1ccccc1N1CC[NH+](Cc2ccc(Cl)cc2)CC1. The second-order valence-electron chi connectivity index (χ2n) is 5.49. The Labute approximate surface area is 129 Å². The van der Waals surface area contributed by atoms with Gasteiger partial charge in [0.15, 0.2) is 0 Å². The van der Waals surface area contributed by atoms with Crippen molar-refractivity contribution < 1.29 is 9.29 Å². The molecule has 2 aromatic carbocycles. The molecule has 0 radical (unpaired) electrons. The Hall–Kier alpha value is -1.58. The first-order chi connectivity index (χ1) is 10.2. The van der Waals surface area contributed by atoms with Gasteiger partial charge in [-0.1, -0.05) is 35.9 Å². The van der Waals surface area contributed by atoms with E-state index in [0.29, 0.717) is 0 Å². The van der Waals surface area contributed by atoms with E-state index in [2.05, 4.69) is 17.0 Å². The highest BCUT2D eigenvalue weighted by Crippen LogP contribution is 2.18. The number of para-hydroxylation sites is 1. The van der Waals surface area contributed by atoms with E-state index in [0.717, 1.165) is 43.4 Å². The summed E-state index contributed by atoms with van der Waals surface area (Å²) in [5.41, 5.74) is 2.02. The van der Waals surface area contributed by atoms with Gasteiger partial charge in [0.1, 0.15) is 12.4 Å². The highest BCUT2D eigenvalue weighted by atomic mass is 35.5. The van der Waals surface area contributed by atoms with Crippen LogP contribution in [0, 0.1) is 5.82 Å². The van der Waals surface area contributed by atoms with Gasteiger partial charge in [0.2, 0.25) is 0 Å². The molecule has 21 heavy (non-hydrogen) atoms. The van der Waals surface area contributed by atoms with Crippen LogP contribution < -0.4 is 9.80 Å². The van der Waals surface area contributed by atoms with E-state index in [9.17, 15) is 4.39 Å². The van der Waals surface area contributed by atoms with E-state index < -0.39 is 0 Å². The molecule has 0 aliphatic carbocycles. The van der Waals surface area contributed by atoms with E-state index in [1.807, 2.05) is 24.3 Å². The Bertz CT molecular complexity index is 592. The third kappa shape index (κ3) is 3.55. The predicted octanol–water partition coefficient (Wildman–Crippen LogP) is 2.38. The van der Waals surface area contributed by atoms with Crippen LogP contribution in [0.15, 0.2) is 48.5 Å². The normalized spacial score (nSPS) is 16.2. The first-order valence-corrected chi connectivity index (χ1v) is 7.67. The van der Waals surface area contributed by atoms with E-state index >= 15 is 0 Å². The molecule has 3 rings (SSSR count). The predicted molar refractivity (Wildman–Crippen MR) is 84.5 cm³/mol. The number of quaternary nitrogens is 1. The summed E-state index contributed by atoms with van der Waals surface area (Å²) in [6.45, 7) is 4.84. The van der Waals surface area contributed by atoms with Crippen molar-refractivity contribution >= 4 is 17.3 Å². The first-order valence-electron chi connectivity index (χ1n) is 7.30. The van der Waals surface area contributed by atoms with Gasteiger partial charge in [0, 0.05) is 10.6 Å². The van der Waals surface area contributed by atoms with Crippen molar-refractivity contribution in [1.29, 1.82) is 0 Å². The molecule has 1 aliphatic rings. The highest BCUT2D eigenvalue weighted by Gasteiger charge is 2.21. The lowest BCUT2D eigenvalue weighted by atomic mass is 10.2. The largest absolute Gasteiger partial charge is 0.358 e. The van der Waals surface area contributed by atoms with Crippen LogP contribution in [0.3, 0.4) is 0 Å². The van der Waals surface area contributed by atoms with Gasteiger partial charge in [-0.3, -0.25) is 0 Å². The van der Waals surface area contributed by atoms with Crippen molar-refractivity contribution in [2.45, 2.75) is 6.54 Å². The molecule has 1 saturated heterocycles. The minimum absolute atomic E-state index is 0.126. The molecule has 2 aromatic rings. The third-order valence-corrected chi connectivity index (χ3v) is 4.28. The molecule has 0 bridgehead atoms. The minimum atomic E-state index is -0.126. The maximum absolute atomic E-state index is 13.8. The Morgan fingerprint density at radius 3 is 2.33 bits per heavy atom. The van der Waals surface area contributed by atoms with Gasteiger partial charge in [-0.05, 0) is 24.3 Å². The van der Waals surface area contributed by atoms with E-state index in [1.54, 1.807) is 6.07 Å². The number of nitrogens with zero attached hydrogens (tertiary/aromatic N) is 1. The second kappa shape index (κ2) is 6.46. The Morgan fingerprint density at radius 2 is 1.67 bits per heavy atom. The summed E-state index contributed by atoms with van der Waals surface area (Å²) in [5, 5.41) is 0.776. The molecule has 1 fully saturated rings. The van der Waals surface area contributed by atoms with Crippen LogP contribution >= 0.6 is 11.6 Å². The topological polar surface area (TPSA) is 7.68 Å². The van der Waals surface area contributed by atoms with Crippen LogP contribution in [-0.2, 0) is 6.54 Å². The van der Waals surface area contributed by atoms with E-state index in [1.165, 1.54) is 16.5 Å². The lowest BCUT2D eigenvalue weighted by Crippen LogP contribution is -3.13. The van der Waals surface area contributed by atoms with E-state index in [-0.39, 0.29) is 5.82 Å². The fourth-order valence-electron chi connectivity index (χ4n) is 2.84. The number of rotatable bonds is 3. The van der Waals surface area contributed by atoms with Gasteiger partial charge in [0.05, 0.1) is 31.9 Å². The van der Waals surface area contributed by atoms with Crippen molar-refractivity contribution in [3.05, 3.63) is 64.9 Å². The van der Waals surface area contributed by atoms with Crippen LogP contribution in [0.5, 0.6) is 0 Å². The number of piperazine rings is 1. The van der Waals surface area contributed by atoms with Gasteiger partial charge < -0.3 is 9.80 Å². The highest BCUT2D eigenvalue weighted by molar-refractivity contribution is 6.30. The van der Waals surface area contributed by atoms with Crippen LogP contribution in [0.2, 0.25) is 5.02 Å². The standard InChI is InChI=1S/C17H18ClFN2/c18-15-7-5-14(6-8-15)13-20-9-11-21(12-10-20)17-4-2-1-3-16(17)19/h1-8H,9-13H2/p+1. The molecule has 2 nitrogen and oxygen atoms in total. The zero-order valence-electron chi connectivity index (χ0n) is 11.9. The average molecular weight is 306 g/mol. The number of anilines is 1. The number of benzene rings is 2. The monoisotopic (exact) mass is 305 g/mol. The van der Waals surface area contributed by atoms with Crippen LogP contribution in [0.25, 0.3) is 0 Å². The molecular formula is C17H19ClFN2+. The molecule has 1 N–H and O–H groups in total. The zero-order chi connectivity index (χ0) is 14.7. The van der Waals surface area contributed by atoms with Gasteiger partial charge in [-0.25, -0.2) is 4.39 Å². The summed E-state index contributed by atoms with van der Waals surface area (Å²) < 4.78 is 13.8. The quantitative estimate of drug-likeness (QED) is 0.915. The summed E-state index contributed by atoms with van der Waals surface area (Å²) in [6, 6.07) is 15.1. The molecule has 4 heteroatoms. The first kappa shape index (κ1) is 14.4. The van der Waals surface area contributed by atoms with Crippen LogP contribution in [-0.4, -0.2) is 26.2 Å². The number of hydrogen-bond donors (Lipinski definition) is 1. The molecule has 0 spiro atoms. The number of nitrogens with one attached hydrogen (secondary N) is 1. The van der Waals surface area contributed by atoms with Gasteiger partial charge in [0.25, 0.3) is 0 Å². The summed E-state index contributed by atoms with van der Waals surface area (Å²) in [4.78, 5) is 3.67. The van der Waals surface area contributed by atoms with Crippen molar-refractivity contribution in [1.82, 2.24) is 0 Å². The summed E-state index contributed by atoms with van der Waals surface area (Å²) >= 11 is 5.91. The summed E-state index contributed by atoms with van der Waals surface area (Å²) in [5.74, 6) is -0.126. The lowest BCUT2D eigenvalue weighted by Gasteiger charge is -2.33. The van der Waals surface area contributed by atoms with Crippen LogP contribution in [0.1, 0.15) is 5.56 Å². The molecule has 1 aliphatic heterocycles. The number of hydrogen-bond acceptors (Lipinski definition) is 1.